The third kappa shape index (κ3) is 3.07. The van der Waals surface area contributed by atoms with E-state index in [-0.39, 0.29) is 11.8 Å². The van der Waals surface area contributed by atoms with E-state index in [0.717, 1.165) is 24.6 Å². The molecule has 1 saturated carbocycles. The number of hydrogen-bond donors (Lipinski definition) is 1. The Kier molecular flexibility index (Phi) is 4.53. The van der Waals surface area contributed by atoms with Gasteiger partial charge in [0.15, 0.2) is 0 Å². The van der Waals surface area contributed by atoms with Crippen LogP contribution in [0.4, 0.5) is 0 Å². The van der Waals surface area contributed by atoms with Crippen LogP contribution in [0.1, 0.15) is 45.0 Å². The molecule has 3 heterocycles. The molecular formula is C21H24N4O2S. The predicted octanol–water partition coefficient (Wildman–Crippen LogP) is 2.38. The van der Waals surface area contributed by atoms with Crippen LogP contribution >= 0.6 is 11.3 Å². The van der Waals surface area contributed by atoms with E-state index in [0.29, 0.717) is 35.7 Å². The SMILES string of the molecule is O=C1c2ccccc2C(=O)N1CCN(Cc1nccs1)C1CC12CCNCC2. The van der Waals surface area contributed by atoms with Gasteiger partial charge in [0, 0.05) is 30.7 Å². The van der Waals surface area contributed by atoms with Gasteiger partial charge in [0.25, 0.3) is 11.8 Å². The summed E-state index contributed by atoms with van der Waals surface area (Å²) >= 11 is 1.67. The maximum absolute atomic E-state index is 12.7. The minimum Gasteiger partial charge on any atom is -0.317 e. The number of hydrogen-bond acceptors (Lipinski definition) is 6. The molecule has 2 aromatic rings. The third-order valence-corrected chi connectivity index (χ3v) is 7.26. The lowest BCUT2D eigenvalue weighted by Crippen LogP contribution is -2.41. The molecule has 1 unspecified atom stereocenters. The van der Waals surface area contributed by atoms with E-state index in [9.17, 15) is 9.59 Å². The van der Waals surface area contributed by atoms with E-state index in [1.165, 1.54) is 24.2 Å². The van der Waals surface area contributed by atoms with E-state index in [1.807, 2.05) is 23.7 Å². The number of piperidine rings is 1. The summed E-state index contributed by atoms with van der Waals surface area (Å²) < 4.78 is 0. The number of amides is 2. The number of nitrogens with one attached hydrogen (secondary N) is 1. The number of carbonyl (C=O) groups excluding carboxylic acids is 2. The Labute approximate surface area is 168 Å². The van der Waals surface area contributed by atoms with Crippen molar-refractivity contribution in [2.45, 2.75) is 31.8 Å². The molecule has 28 heavy (non-hydrogen) atoms. The first-order valence-electron chi connectivity index (χ1n) is 9.96. The maximum atomic E-state index is 12.7. The molecule has 0 radical (unpaired) electrons. The summed E-state index contributed by atoms with van der Waals surface area (Å²) in [7, 11) is 0. The Hall–Kier alpha value is -2.09. The van der Waals surface area contributed by atoms with Gasteiger partial charge in [-0.2, -0.15) is 0 Å². The van der Waals surface area contributed by atoms with E-state index >= 15 is 0 Å². The second-order valence-corrected chi connectivity index (χ2v) is 9.02. The van der Waals surface area contributed by atoms with Gasteiger partial charge in [0.2, 0.25) is 0 Å². The normalized spacial score (nSPS) is 22.9. The van der Waals surface area contributed by atoms with Crippen molar-refractivity contribution in [3.63, 3.8) is 0 Å². The second kappa shape index (κ2) is 7.06. The minimum atomic E-state index is -0.165. The summed E-state index contributed by atoms with van der Waals surface area (Å²) in [6.45, 7) is 4.09. The van der Waals surface area contributed by atoms with E-state index < -0.39 is 0 Å². The summed E-state index contributed by atoms with van der Waals surface area (Å²) in [6.07, 6.45) is 5.47. The van der Waals surface area contributed by atoms with Crippen LogP contribution in [0, 0.1) is 5.41 Å². The number of aromatic nitrogens is 1. The molecule has 0 bridgehead atoms. The Morgan fingerprint density at radius 1 is 1.18 bits per heavy atom. The van der Waals surface area contributed by atoms with Gasteiger partial charge in [-0.15, -0.1) is 11.3 Å². The number of fused-ring (bicyclic) bond motifs is 1. The quantitative estimate of drug-likeness (QED) is 0.760. The topological polar surface area (TPSA) is 65.5 Å². The number of thiazole rings is 1. The fraction of sp³-hybridized carbons (Fsp3) is 0.476. The zero-order valence-corrected chi connectivity index (χ0v) is 16.6. The van der Waals surface area contributed by atoms with Crippen LogP contribution in [0.25, 0.3) is 0 Å². The van der Waals surface area contributed by atoms with Gasteiger partial charge in [-0.05, 0) is 49.9 Å². The van der Waals surface area contributed by atoms with Gasteiger partial charge in [-0.25, -0.2) is 4.98 Å². The van der Waals surface area contributed by atoms with Crippen molar-refractivity contribution < 1.29 is 9.59 Å². The lowest BCUT2D eigenvalue weighted by molar-refractivity contribution is 0.0626. The monoisotopic (exact) mass is 396 g/mol. The third-order valence-electron chi connectivity index (χ3n) is 6.50. The first kappa shape index (κ1) is 18.0. The molecule has 1 aromatic heterocycles. The highest BCUT2D eigenvalue weighted by atomic mass is 32.1. The fourth-order valence-electron chi connectivity index (χ4n) is 4.83. The highest BCUT2D eigenvalue weighted by Crippen LogP contribution is 2.56. The molecule has 1 saturated heterocycles. The molecule has 5 rings (SSSR count). The van der Waals surface area contributed by atoms with Gasteiger partial charge in [0.05, 0.1) is 17.7 Å². The highest BCUT2D eigenvalue weighted by molar-refractivity contribution is 7.09. The van der Waals surface area contributed by atoms with Gasteiger partial charge in [-0.3, -0.25) is 19.4 Å². The molecule has 1 aromatic carbocycles. The summed E-state index contributed by atoms with van der Waals surface area (Å²) in [5.41, 5.74) is 1.46. The van der Waals surface area contributed by atoms with Crippen molar-refractivity contribution in [3.8, 4) is 0 Å². The Morgan fingerprint density at radius 3 is 2.54 bits per heavy atom. The van der Waals surface area contributed by atoms with Crippen LogP contribution in [0.3, 0.4) is 0 Å². The molecule has 1 spiro atoms. The van der Waals surface area contributed by atoms with Crippen molar-refractivity contribution in [2.75, 3.05) is 26.2 Å². The lowest BCUT2D eigenvalue weighted by Gasteiger charge is -2.30. The summed E-state index contributed by atoms with van der Waals surface area (Å²) in [4.78, 5) is 33.7. The number of carbonyl (C=O) groups is 2. The van der Waals surface area contributed by atoms with E-state index in [1.54, 1.807) is 23.5 Å². The summed E-state index contributed by atoms with van der Waals surface area (Å²) in [5, 5.41) is 6.56. The van der Waals surface area contributed by atoms with Crippen molar-refractivity contribution in [1.29, 1.82) is 0 Å². The van der Waals surface area contributed by atoms with Crippen molar-refractivity contribution >= 4 is 23.2 Å². The van der Waals surface area contributed by atoms with Crippen LogP contribution in [0.2, 0.25) is 0 Å². The van der Waals surface area contributed by atoms with Gasteiger partial charge in [-0.1, -0.05) is 12.1 Å². The number of imide groups is 1. The number of benzene rings is 1. The predicted molar refractivity (Wildman–Crippen MR) is 107 cm³/mol. The lowest BCUT2D eigenvalue weighted by atomic mass is 9.93. The molecule has 1 aliphatic carbocycles. The molecule has 1 N–H and O–H groups in total. The summed E-state index contributed by atoms with van der Waals surface area (Å²) in [5.74, 6) is -0.329. The number of rotatable bonds is 6. The molecule has 7 heteroatoms. The van der Waals surface area contributed by atoms with Gasteiger partial charge < -0.3 is 5.32 Å². The van der Waals surface area contributed by atoms with Crippen molar-refractivity contribution in [1.82, 2.24) is 20.1 Å². The molecular weight excluding hydrogens is 372 g/mol. The Balaban J connectivity index is 1.30. The van der Waals surface area contributed by atoms with Crippen LogP contribution in [0.5, 0.6) is 0 Å². The Morgan fingerprint density at radius 2 is 1.89 bits per heavy atom. The smallest absolute Gasteiger partial charge is 0.261 e. The molecule has 2 aliphatic heterocycles. The van der Waals surface area contributed by atoms with Gasteiger partial charge in [0.1, 0.15) is 5.01 Å². The minimum absolute atomic E-state index is 0.165. The molecule has 2 fully saturated rings. The zero-order chi connectivity index (χ0) is 19.1. The van der Waals surface area contributed by atoms with Crippen LogP contribution in [0.15, 0.2) is 35.8 Å². The van der Waals surface area contributed by atoms with E-state index in [4.69, 9.17) is 0 Å². The van der Waals surface area contributed by atoms with Gasteiger partial charge >= 0.3 is 0 Å². The first-order valence-corrected chi connectivity index (χ1v) is 10.8. The van der Waals surface area contributed by atoms with Crippen LogP contribution in [-0.2, 0) is 6.54 Å². The standard InChI is InChI=1S/C21H24N4O2S/c26-19-15-3-1-2-4-16(15)20(27)25(19)11-10-24(14-18-23-9-12-28-18)17-13-21(17)5-7-22-8-6-21/h1-4,9,12,17,22H,5-8,10-11,13-14H2. The molecule has 2 amide bonds. The maximum Gasteiger partial charge on any atom is 0.261 e. The highest BCUT2D eigenvalue weighted by Gasteiger charge is 2.56. The van der Waals surface area contributed by atoms with E-state index in [2.05, 4.69) is 15.2 Å². The van der Waals surface area contributed by atoms with Crippen LogP contribution in [-0.4, -0.2) is 58.8 Å². The summed E-state index contributed by atoms with van der Waals surface area (Å²) in [6, 6.07) is 7.64. The average molecular weight is 397 g/mol. The molecule has 146 valence electrons. The largest absolute Gasteiger partial charge is 0.317 e. The second-order valence-electron chi connectivity index (χ2n) is 8.04. The van der Waals surface area contributed by atoms with Crippen LogP contribution < -0.4 is 5.32 Å². The molecule has 6 nitrogen and oxygen atoms in total. The first-order chi connectivity index (χ1) is 13.7. The zero-order valence-electron chi connectivity index (χ0n) is 15.8. The fourth-order valence-corrected chi connectivity index (χ4v) is 5.47. The molecule has 3 aliphatic rings. The molecule has 1 atom stereocenters. The van der Waals surface area contributed by atoms with Crippen molar-refractivity contribution in [2.24, 2.45) is 5.41 Å². The van der Waals surface area contributed by atoms with Crippen molar-refractivity contribution in [3.05, 3.63) is 52.0 Å². The number of nitrogens with zero attached hydrogens (tertiary/aromatic N) is 3. The Bertz CT molecular complexity index is 857. The average Bonchev–Trinajstić information content (AvgIpc) is 3.06.